The third kappa shape index (κ3) is 5.67. The van der Waals surface area contributed by atoms with Crippen LogP contribution in [0.25, 0.3) is 0 Å². The SMILES string of the molecule is O=C(c1cccc(OCc2cccnc2)c1)N1CCN(C(=O)c2ccccc2OC(F)F)CC1. The van der Waals surface area contributed by atoms with Crippen molar-refractivity contribution in [1.82, 2.24) is 14.8 Å². The zero-order valence-electron chi connectivity index (χ0n) is 18.3. The molecule has 2 heterocycles. The van der Waals surface area contributed by atoms with Gasteiger partial charge in [0.25, 0.3) is 11.8 Å². The number of carbonyl (C=O) groups excluding carboxylic acids is 2. The van der Waals surface area contributed by atoms with E-state index in [1.54, 1.807) is 47.6 Å². The number of halogens is 2. The van der Waals surface area contributed by atoms with Crippen LogP contribution in [0.5, 0.6) is 11.5 Å². The molecule has 0 radical (unpaired) electrons. The highest BCUT2D eigenvalue weighted by atomic mass is 19.3. The average molecular weight is 467 g/mol. The first-order valence-corrected chi connectivity index (χ1v) is 10.8. The lowest BCUT2D eigenvalue weighted by Crippen LogP contribution is -2.50. The molecule has 1 aliphatic rings. The molecule has 34 heavy (non-hydrogen) atoms. The number of alkyl halides is 2. The Hall–Kier alpha value is -4.01. The number of rotatable bonds is 7. The lowest BCUT2D eigenvalue weighted by atomic mass is 10.1. The van der Waals surface area contributed by atoms with Gasteiger partial charge in [-0.15, -0.1) is 0 Å². The molecule has 1 aliphatic heterocycles. The van der Waals surface area contributed by atoms with Crippen molar-refractivity contribution >= 4 is 11.8 Å². The fraction of sp³-hybridized carbons (Fsp3) is 0.240. The Morgan fingerprint density at radius 2 is 1.65 bits per heavy atom. The molecule has 4 rings (SSSR count). The largest absolute Gasteiger partial charge is 0.489 e. The third-order valence-corrected chi connectivity index (χ3v) is 5.40. The standard InChI is InChI=1S/C25H23F2N3O4/c26-25(27)34-22-9-2-1-8-21(22)24(32)30-13-11-29(12-14-30)23(31)19-6-3-7-20(15-19)33-17-18-5-4-10-28-16-18/h1-10,15-16,25H,11-14,17H2. The summed E-state index contributed by atoms with van der Waals surface area (Å²) in [7, 11) is 0. The highest BCUT2D eigenvalue weighted by Gasteiger charge is 2.27. The molecule has 0 unspecified atom stereocenters. The summed E-state index contributed by atoms with van der Waals surface area (Å²) >= 11 is 0. The van der Waals surface area contributed by atoms with Gasteiger partial charge >= 0.3 is 6.61 Å². The number of nitrogens with zero attached hydrogens (tertiary/aromatic N) is 3. The van der Waals surface area contributed by atoms with Crippen LogP contribution in [0, 0.1) is 0 Å². The van der Waals surface area contributed by atoms with E-state index in [2.05, 4.69) is 9.72 Å². The van der Waals surface area contributed by atoms with Crippen molar-refractivity contribution in [2.75, 3.05) is 26.2 Å². The summed E-state index contributed by atoms with van der Waals surface area (Å²) in [5, 5.41) is 0. The van der Waals surface area contributed by atoms with Crippen molar-refractivity contribution in [3.8, 4) is 11.5 Å². The van der Waals surface area contributed by atoms with Crippen LogP contribution in [0.15, 0.2) is 73.1 Å². The number of para-hydroxylation sites is 1. The lowest BCUT2D eigenvalue weighted by Gasteiger charge is -2.35. The van der Waals surface area contributed by atoms with E-state index in [0.29, 0.717) is 31.0 Å². The quantitative estimate of drug-likeness (QED) is 0.528. The number of aromatic nitrogens is 1. The van der Waals surface area contributed by atoms with Crippen molar-refractivity contribution in [2.24, 2.45) is 0 Å². The summed E-state index contributed by atoms with van der Waals surface area (Å²) in [6.45, 7) is -1.47. The predicted molar refractivity (Wildman–Crippen MR) is 120 cm³/mol. The van der Waals surface area contributed by atoms with E-state index >= 15 is 0 Å². The van der Waals surface area contributed by atoms with Gasteiger partial charge in [0.1, 0.15) is 18.1 Å². The molecule has 0 spiro atoms. The third-order valence-electron chi connectivity index (χ3n) is 5.40. The smallest absolute Gasteiger partial charge is 0.387 e. The van der Waals surface area contributed by atoms with Crippen LogP contribution in [0.1, 0.15) is 26.3 Å². The van der Waals surface area contributed by atoms with Crippen molar-refractivity contribution in [3.05, 3.63) is 89.7 Å². The maximum atomic E-state index is 13.0. The summed E-state index contributed by atoms with van der Waals surface area (Å²) in [5.41, 5.74) is 1.47. The highest BCUT2D eigenvalue weighted by Crippen LogP contribution is 2.23. The molecule has 176 valence electrons. The van der Waals surface area contributed by atoms with Crippen LogP contribution in [0.4, 0.5) is 8.78 Å². The Kier molecular flexibility index (Phi) is 7.31. The second kappa shape index (κ2) is 10.7. The normalized spacial score (nSPS) is 13.6. The topological polar surface area (TPSA) is 72.0 Å². The van der Waals surface area contributed by atoms with E-state index in [0.717, 1.165) is 5.56 Å². The highest BCUT2D eigenvalue weighted by molar-refractivity contribution is 5.97. The Balaban J connectivity index is 1.35. The van der Waals surface area contributed by atoms with Gasteiger partial charge in [-0.2, -0.15) is 8.78 Å². The fourth-order valence-electron chi connectivity index (χ4n) is 3.68. The first kappa shape index (κ1) is 23.2. The molecule has 0 atom stereocenters. The molecule has 0 N–H and O–H groups in total. The maximum absolute atomic E-state index is 13.0. The van der Waals surface area contributed by atoms with Gasteiger partial charge in [0, 0.05) is 49.7 Å². The summed E-state index contributed by atoms with van der Waals surface area (Å²) in [6, 6.07) is 16.6. The molecule has 1 aromatic heterocycles. The van der Waals surface area contributed by atoms with Crippen LogP contribution in [0.3, 0.4) is 0 Å². The summed E-state index contributed by atoms with van der Waals surface area (Å²) in [4.78, 5) is 33.1. The number of benzene rings is 2. The van der Waals surface area contributed by atoms with E-state index in [-0.39, 0.29) is 30.3 Å². The molecule has 0 saturated carbocycles. The molecule has 1 fully saturated rings. The summed E-state index contributed by atoms with van der Waals surface area (Å²) in [6.07, 6.45) is 3.40. The van der Waals surface area contributed by atoms with Gasteiger partial charge < -0.3 is 19.3 Å². The Morgan fingerprint density at radius 1 is 0.912 bits per heavy atom. The van der Waals surface area contributed by atoms with Crippen molar-refractivity contribution in [1.29, 1.82) is 0 Å². The van der Waals surface area contributed by atoms with Crippen LogP contribution in [-0.2, 0) is 6.61 Å². The van der Waals surface area contributed by atoms with Crippen molar-refractivity contribution in [2.45, 2.75) is 13.2 Å². The zero-order chi connectivity index (χ0) is 23.9. The molecular weight excluding hydrogens is 444 g/mol. The average Bonchev–Trinajstić information content (AvgIpc) is 2.87. The van der Waals surface area contributed by atoms with E-state index in [4.69, 9.17) is 4.74 Å². The number of hydrogen-bond donors (Lipinski definition) is 0. The van der Waals surface area contributed by atoms with Crippen molar-refractivity contribution < 1.29 is 27.8 Å². The summed E-state index contributed by atoms with van der Waals surface area (Å²) < 4.78 is 35.6. The van der Waals surface area contributed by atoms with Gasteiger partial charge in [0.2, 0.25) is 0 Å². The zero-order valence-corrected chi connectivity index (χ0v) is 18.3. The molecule has 2 aromatic carbocycles. The van der Waals surface area contributed by atoms with Gasteiger partial charge in [0.15, 0.2) is 0 Å². The monoisotopic (exact) mass is 467 g/mol. The molecule has 3 aromatic rings. The van der Waals surface area contributed by atoms with E-state index in [1.807, 2.05) is 12.1 Å². The van der Waals surface area contributed by atoms with E-state index < -0.39 is 12.5 Å². The molecule has 9 heteroatoms. The second-order valence-electron chi connectivity index (χ2n) is 7.64. The molecule has 7 nitrogen and oxygen atoms in total. The van der Waals surface area contributed by atoms with E-state index in [9.17, 15) is 18.4 Å². The van der Waals surface area contributed by atoms with Gasteiger partial charge in [0.05, 0.1) is 5.56 Å². The molecule has 2 amide bonds. The van der Waals surface area contributed by atoms with Gasteiger partial charge in [-0.25, -0.2) is 0 Å². The second-order valence-corrected chi connectivity index (χ2v) is 7.64. The maximum Gasteiger partial charge on any atom is 0.387 e. The Bertz CT molecular complexity index is 1140. The van der Waals surface area contributed by atoms with Crippen LogP contribution >= 0.6 is 0 Å². The minimum absolute atomic E-state index is 0.0704. The fourth-order valence-corrected chi connectivity index (χ4v) is 3.68. The Labute approximate surface area is 195 Å². The van der Waals surface area contributed by atoms with E-state index in [1.165, 1.54) is 23.1 Å². The first-order chi connectivity index (χ1) is 16.5. The Morgan fingerprint density at radius 3 is 2.35 bits per heavy atom. The van der Waals surface area contributed by atoms with Gasteiger partial charge in [-0.1, -0.05) is 24.3 Å². The minimum Gasteiger partial charge on any atom is -0.489 e. The number of pyridine rings is 1. The number of hydrogen-bond acceptors (Lipinski definition) is 5. The number of ether oxygens (including phenoxy) is 2. The van der Waals surface area contributed by atoms with Crippen LogP contribution in [-0.4, -0.2) is 59.4 Å². The first-order valence-electron chi connectivity index (χ1n) is 10.8. The minimum atomic E-state index is -3.02. The molecule has 0 aliphatic carbocycles. The molecule has 0 bridgehead atoms. The predicted octanol–water partition coefficient (Wildman–Crippen LogP) is 3.86. The van der Waals surface area contributed by atoms with Gasteiger partial charge in [-0.3, -0.25) is 14.6 Å². The molecular formula is C25H23F2N3O4. The summed E-state index contributed by atoms with van der Waals surface area (Å²) in [5.74, 6) is -0.169. The number of amides is 2. The number of carbonyl (C=O) groups is 2. The number of piperazine rings is 1. The van der Waals surface area contributed by atoms with Crippen LogP contribution in [0.2, 0.25) is 0 Å². The van der Waals surface area contributed by atoms with Crippen LogP contribution < -0.4 is 9.47 Å². The lowest BCUT2D eigenvalue weighted by molar-refractivity contribution is -0.0503. The molecule has 1 saturated heterocycles. The van der Waals surface area contributed by atoms with Crippen molar-refractivity contribution in [3.63, 3.8) is 0 Å². The van der Waals surface area contributed by atoms with Gasteiger partial charge in [-0.05, 0) is 36.4 Å².